The van der Waals surface area contributed by atoms with Gasteiger partial charge in [0.2, 0.25) is 0 Å². The highest BCUT2D eigenvalue weighted by Crippen LogP contribution is 2.14. The first-order valence-corrected chi connectivity index (χ1v) is 4.52. The summed E-state index contributed by atoms with van der Waals surface area (Å²) in [7, 11) is 1.91. The fourth-order valence-electron chi connectivity index (χ4n) is 0.903. The van der Waals surface area contributed by atoms with Crippen molar-refractivity contribution in [3.8, 4) is 0 Å². The molecule has 0 aromatic heterocycles. The van der Waals surface area contributed by atoms with Gasteiger partial charge >= 0.3 is 0 Å². The Morgan fingerprint density at radius 3 is 2.21 bits per heavy atom. The van der Waals surface area contributed by atoms with Crippen LogP contribution >= 0.6 is 0 Å². The van der Waals surface area contributed by atoms with E-state index in [1.165, 1.54) is 0 Å². The van der Waals surface area contributed by atoms with Crippen LogP contribution in [0.4, 0.5) is 5.69 Å². The Balaban J connectivity index is 0.000000364. The predicted octanol–water partition coefficient (Wildman–Crippen LogP) is 3.42. The quantitative estimate of drug-likeness (QED) is 0.689. The maximum absolute atomic E-state index is 6.50. The lowest BCUT2D eigenvalue weighted by Crippen LogP contribution is -1.89. The number of para-hydroxylation sites is 1. The van der Waals surface area contributed by atoms with E-state index in [4.69, 9.17) is 5.41 Å². The molecule has 0 atom stereocenters. The molecule has 0 aliphatic carbocycles. The third kappa shape index (κ3) is 5.14. The van der Waals surface area contributed by atoms with Crippen molar-refractivity contribution in [2.75, 3.05) is 12.4 Å². The Bertz CT molecular complexity index is 299. The van der Waals surface area contributed by atoms with Crippen LogP contribution in [0.25, 0.3) is 6.08 Å². The lowest BCUT2D eigenvalue weighted by atomic mass is 10.2. The minimum atomic E-state index is 0.667. The van der Waals surface area contributed by atoms with Gasteiger partial charge in [0.1, 0.15) is 0 Å². The van der Waals surface area contributed by atoms with Crippen molar-refractivity contribution >= 4 is 17.5 Å². The molecule has 0 fully saturated rings. The van der Waals surface area contributed by atoms with Crippen molar-refractivity contribution in [1.82, 2.24) is 0 Å². The average Bonchev–Trinajstić information content (AvgIpc) is 2.17. The van der Waals surface area contributed by atoms with Gasteiger partial charge in [-0.1, -0.05) is 30.9 Å². The van der Waals surface area contributed by atoms with Crippen LogP contribution < -0.4 is 5.32 Å². The number of anilines is 1. The summed E-state index contributed by atoms with van der Waals surface area (Å²) >= 11 is 0. The Morgan fingerprint density at radius 2 is 1.86 bits per heavy atom. The van der Waals surface area contributed by atoms with E-state index in [1.807, 2.05) is 37.4 Å². The monoisotopic (exact) mass is 190 g/mol. The molecule has 0 spiro atoms. The predicted molar refractivity (Wildman–Crippen MR) is 65.2 cm³/mol. The van der Waals surface area contributed by atoms with E-state index in [0.717, 1.165) is 11.3 Å². The molecule has 0 amide bonds. The van der Waals surface area contributed by atoms with Crippen LogP contribution in [0, 0.1) is 5.41 Å². The molecule has 1 aromatic carbocycles. The van der Waals surface area contributed by atoms with Crippen LogP contribution in [0.5, 0.6) is 0 Å². The second-order valence-corrected chi connectivity index (χ2v) is 3.04. The zero-order valence-electron chi connectivity index (χ0n) is 9.09. The zero-order chi connectivity index (χ0) is 11.0. The third-order valence-corrected chi connectivity index (χ3v) is 1.45. The second kappa shape index (κ2) is 6.89. The van der Waals surface area contributed by atoms with Gasteiger partial charge in [-0.25, -0.2) is 0 Å². The normalized spacial score (nSPS) is 8.21. The van der Waals surface area contributed by atoms with E-state index in [0.29, 0.717) is 5.71 Å². The van der Waals surface area contributed by atoms with E-state index in [-0.39, 0.29) is 0 Å². The third-order valence-electron chi connectivity index (χ3n) is 1.45. The van der Waals surface area contributed by atoms with Crippen molar-refractivity contribution in [3.05, 3.63) is 36.4 Å². The fraction of sp³-hybridized carbons (Fsp3) is 0.250. The number of hydrogen-bond acceptors (Lipinski definition) is 2. The van der Waals surface area contributed by atoms with Crippen LogP contribution in [0.3, 0.4) is 0 Å². The smallest absolute Gasteiger partial charge is 0.0410 e. The molecule has 14 heavy (non-hydrogen) atoms. The van der Waals surface area contributed by atoms with Gasteiger partial charge in [0, 0.05) is 18.4 Å². The second-order valence-electron chi connectivity index (χ2n) is 3.04. The van der Waals surface area contributed by atoms with E-state index in [2.05, 4.69) is 11.9 Å². The van der Waals surface area contributed by atoms with Crippen molar-refractivity contribution in [2.24, 2.45) is 0 Å². The molecular weight excluding hydrogens is 172 g/mol. The van der Waals surface area contributed by atoms with Gasteiger partial charge in [-0.3, -0.25) is 0 Å². The largest absolute Gasteiger partial charge is 0.388 e. The van der Waals surface area contributed by atoms with Crippen LogP contribution in [0.1, 0.15) is 19.4 Å². The zero-order valence-corrected chi connectivity index (χ0v) is 9.09. The first-order valence-electron chi connectivity index (χ1n) is 4.52. The lowest BCUT2D eigenvalue weighted by molar-refractivity contribution is 1.45. The lowest BCUT2D eigenvalue weighted by Gasteiger charge is -2.02. The highest BCUT2D eigenvalue weighted by Gasteiger charge is 1.91. The number of benzene rings is 1. The molecule has 0 unspecified atom stereocenters. The van der Waals surface area contributed by atoms with Crippen molar-refractivity contribution < 1.29 is 0 Å². The Kier molecular flexibility index (Phi) is 6.12. The molecule has 1 rings (SSSR count). The molecule has 2 heteroatoms. The first kappa shape index (κ1) is 12.4. The van der Waals surface area contributed by atoms with Gasteiger partial charge in [-0.15, -0.1) is 0 Å². The molecule has 1 aromatic rings. The highest BCUT2D eigenvalue weighted by molar-refractivity contribution is 5.75. The van der Waals surface area contributed by atoms with Crippen molar-refractivity contribution in [1.29, 1.82) is 5.41 Å². The van der Waals surface area contributed by atoms with Gasteiger partial charge in [-0.2, -0.15) is 0 Å². The van der Waals surface area contributed by atoms with Crippen molar-refractivity contribution in [2.45, 2.75) is 13.8 Å². The average molecular weight is 190 g/mol. The molecule has 0 aliphatic heterocycles. The molecular formula is C12H18N2. The molecule has 0 heterocycles. The van der Waals surface area contributed by atoms with Gasteiger partial charge in [-0.05, 0) is 25.5 Å². The Morgan fingerprint density at radius 1 is 1.36 bits per heavy atom. The molecule has 0 bridgehead atoms. The molecule has 0 radical (unpaired) electrons. The van der Waals surface area contributed by atoms with Crippen LogP contribution in [0.2, 0.25) is 0 Å². The maximum atomic E-state index is 6.50. The summed E-state index contributed by atoms with van der Waals surface area (Å²) < 4.78 is 0. The first-order chi connectivity index (χ1) is 6.61. The SMILES string of the molecule is C=Cc1ccccc1NC.CC(C)=N. The highest BCUT2D eigenvalue weighted by atomic mass is 14.8. The maximum Gasteiger partial charge on any atom is 0.0410 e. The van der Waals surface area contributed by atoms with Gasteiger partial charge in [0.05, 0.1) is 0 Å². The van der Waals surface area contributed by atoms with Crippen molar-refractivity contribution in [3.63, 3.8) is 0 Å². The minimum absolute atomic E-state index is 0.667. The summed E-state index contributed by atoms with van der Waals surface area (Å²) in [6.07, 6.45) is 1.84. The standard InChI is InChI=1S/C9H11N.C3H7N/c1-3-8-6-4-5-7-9(8)10-2;1-3(2)4/h3-7,10H,1H2,2H3;4H,1-2H3. The number of hydrogen-bond donors (Lipinski definition) is 2. The van der Waals surface area contributed by atoms with Crippen LogP contribution in [-0.2, 0) is 0 Å². The summed E-state index contributed by atoms with van der Waals surface area (Å²) in [5.74, 6) is 0. The fourth-order valence-corrected chi connectivity index (χ4v) is 0.903. The number of rotatable bonds is 2. The molecule has 76 valence electrons. The molecule has 0 saturated heterocycles. The minimum Gasteiger partial charge on any atom is -0.388 e. The molecule has 2 N–H and O–H groups in total. The van der Waals surface area contributed by atoms with E-state index < -0.39 is 0 Å². The van der Waals surface area contributed by atoms with Gasteiger partial charge in [0.25, 0.3) is 0 Å². The Labute approximate surface area is 86.2 Å². The summed E-state index contributed by atoms with van der Waals surface area (Å²) in [6, 6.07) is 8.05. The van der Waals surface area contributed by atoms with E-state index >= 15 is 0 Å². The van der Waals surface area contributed by atoms with E-state index in [1.54, 1.807) is 13.8 Å². The van der Waals surface area contributed by atoms with E-state index in [9.17, 15) is 0 Å². The number of nitrogens with one attached hydrogen (secondary N) is 2. The summed E-state index contributed by atoms with van der Waals surface area (Å²) in [5, 5.41) is 9.58. The van der Waals surface area contributed by atoms with Crippen LogP contribution in [-0.4, -0.2) is 12.8 Å². The molecule has 2 nitrogen and oxygen atoms in total. The summed E-state index contributed by atoms with van der Waals surface area (Å²) in [6.45, 7) is 7.20. The van der Waals surface area contributed by atoms with Crippen LogP contribution in [0.15, 0.2) is 30.8 Å². The van der Waals surface area contributed by atoms with Gasteiger partial charge < -0.3 is 10.7 Å². The topological polar surface area (TPSA) is 35.9 Å². The Hall–Kier alpha value is -1.57. The summed E-state index contributed by atoms with van der Waals surface area (Å²) in [5.41, 5.74) is 2.93. The molecule has 0 aliphatic rings. The van der Waals surface area contributed by atoms with Gasteiger partial charge in [0.15, 0.2) is 0 Å². The summed E-state index contributed by atoms with van der Waals surface area (Å²) in [4.78, 5) is 0. The molecule has 0 saturated carbocycles.